The predicted octanol–water partition coefficient (Wildman–Crippen LogP) is 1.90. The Bertz CT molecular complexity index is 992. The summed E-state index contributed by atoms with van der Waals surface area (Å²) in [5.41, 5.74) is 8.72. The van der Waals surface area contributed by atoms with Crippen LogP contribution < -0.4 is 16.0 Å². The fourth-order valence-electron chi connectivity index (χ4n) is 3.21. The average Bonchev–Trinajstić information content (AvgIpc) is 2.73. The number of anilines is 2. The molecule has 2 aromatic rings. The summed E-state index contributed by atoms with van der Waals surface area (Å²) in [6.45, 7) is 2.73. The van der Waals surface area contributed by atoms with Crippen LogP contribution in [0, 0.1) is 12.3 Å². The van der Waals surface area contributed by atoms with Gasteiger partial charge in [-0.1, -0.05) is 17.7 Å². The standard InChI is InChI=1S/C20H21N5O3S/c1-11-2-5-13(6-3-11)25-8-9-28-17(20(25)27)16(26)19-23-14-7-4-12(18(21)22)10-15(14)29-24-19/h2-7,10,16-17,26H,8-9H2,1H3,(H3,21,22)(H,23,24)/t16-,17?/m1/s1. The van der Waals surface area contributed by atoms with Crippen molar-refractivity contribution in [2.24, 2.45) is 10.1 Å². The van der Waals surface area contributed by atoms with Crippen molar-refractivity contribution in [1.29, 1.82) is 5.41 Å². The first kappa shape index (κ1) is 19.4. The van der Waals surface area contributed by atoms with Crippen molar-refractivity contribution in [2.45, 2.75) is 24.0 Å². The summed E-state index contributed by atoms with van der Waals surface area (Å²) in [5.74, 6) is -0.0809. The number of ether oxygens (including phenoxy) is 1. The lowest BCUT2D eigenvalue weighted by Gasteiger charge is -2.35. The van der Waals surface area contributed by atoms with Gasteiger partial charge in [0, 0.05) is 29.7 Å². The number of fused-ring (bicyclic) bond motifs is 1. The Hall–Kier alpha value is -2.88. The highest BCUT2D eigenvalue weighted by molar-refractivity contribution is 7.98. The number of carbonyl (C=O) groups excluding carboxylic acids is 1. The number of carbonyl (C=O) groups is 1. The van der Waals surface area contributed by atoms with Gasteiger partial charge >= 0.3 is 0 Å². The lowest BCUT2D eigenvalue weighted by molar-refractivity contribution is -0.139. The van der Waals surface area contributed by atoms with E-state index in [1.54, 1.807) is 23.1 Å². The molecule has 2 aromatic carbocycles. The number of aliphatic hydroxyl groups is 1. The molecule has 0 saturated carbocycles. The molecule has 0 radical (unpaired) electrons. The summed E-state index contributed by atoms with van der Waals surface area (Å²) in [4.78, 5) is 15.4. The molecular formula is C20H21N5O3S. The van der Waals surface area contributed by atoms with Crippen LogP contribution in [0.2, 0.25) is 0 Å². The SMILES string of the molecule is Cc1ccc(N2CCOC([C@@H](O)C3=NSc4cc(C(=N)N)ccc4N3)C2=O)cc1. The lowest BCUT2D eigenvalue weighted by atomic mass is 10.1. The Morgan fingerprint density at radius 1 is 1.38 bits per heavy atom. The molecule has 8 nitrogen and oxygen atoms in total. The summed E-state index contributed by atoms with van der Waals surface area (Å²) < 4.78 is 9.90. The van der Waals surface area contributed by atoms with Crippen molar-refractivity contribution >= 4 is 40.9 Å². The number of rotatable bonds is 4. The zero-order valence-corrected chi connectivity index (χ0v) is 16.6. The monoisotopic (exact) mass is 411 g/mol. The van der Waals surface area contributed by atoms with Crippen molar-refractivity contribution in [1.82, 2.24) is 0 Å². The van der Waals surface area contributed by atoms with Crippen molar-refractivity contribution in [3.05, 3.63) is 53.6 Å². The first-order valence-electron chi connectivity index (χ1n) is 9.12. The highest BCUT2D eigenvalue weighted by atomic mass is 32.2. The predicted molar refractivity (Wildman–Crippen MR) is 114 cm³/mol. The molecule has 0 spiro atoms. The molecule has 2 atom stereocenters. The Morgan fingerprint density at radius 2 is 2.14 bits per heavy atom. The topological polar surface area (TPSA) is 124 Å². The number of nitrogens with two attached hydrogens (primary N) is 1. The molecule has 2 aliphatic rings. The molecule has 2 aliphatic heterocycles. The molecule has 1 saturated heterocycles. The van der Waals surface area contributed by atoms with Crippen LogP contribution in [0.15, 0.2) is 51.8 Å². The fourth-order valence-corrected chi connectivity index (χ4v) is 3.96. The second kappa shape index (κ2) is 7.86. The molecule has 0 aliphatic carbocycles. The highest BCUT2D eigenvalue weighted by Gasteiger charge is 2.39. The maximum Gasteiger partial charge on any atom is 0.259 e. The first-order chi connectivity index (χ1) is 13.9. The van der Waals surface area contributed by atoms with Gasteiger partial charge in [-0.3, -0.25) is 10.2 Å². The molecule has 1 fully saturated rings. The van der Waals surface area contributed by atoms with Gasteiger partial charge < -0.3 is 25.8 Å². The molecule has 0 aromatic heterocycles. The van der Waals surface area contributed by atoms with Crippen LogP contribution in [0.1, 0.15) is 11.1 Å². The van der Waals surface area contributed by atoms with Crippen molar-refractivity contribution in [2.75, 3.05) is 23.4 Å². The number of aryl methyl sites for hydroxylation is 1. The summed E-state index contributed by atoms with van der Waals surface area (Å²) >= 11 is 1.15. The molecule has 4 rings (SSSR count). The zero-order valence-electron chi connectivity index (χ0n) is 15.8. The number of morpholine rings is 1. The van der Waals surface area contributed by atoms with Gasteiger partial charge in [0.15, 0.2) is 6.10 Å². The van der Waals surface area contributed by atoms with Crippen LogP contribution in [0.5, 0.6) is 0 Å². The zero-order chi connectivity index (χ0) is 20.5. The molecule has 9 heteroatoms. The van der Waals surface area contributed by atoms with E-state index in [0.29, 0.717) is 18.7 Å². The Kier molecular flexibility index (Phi) is 5.27. The van der Waals surface area contributed by atoms with Crippen molar-refractivity contribution in [3.63, 3.8) is 0 Å². The number of amides is 1. The highest BCUT2D eigenvalue weighted by Crippen LogP contribution is 2.34. The van der Waals surface area contributed by atoms with E-state index in [9.17, 15) is 9.90 Å². The lowest BCUT2D eigenvalue weighted by Crippen LogP contribution is -2.55. The largest absolute Gasteiger partial charge is 0.384 e. The van der Waals surface area contributed by atoms with E-state index < -0.39 is 12.2 Å². The van der Waals surface area contributed by atoms with Gasteiger partial charge in [0.1, 0.15) is 17.8 Å². The van der Waals surface area contributed by atoms with Crippen LogP contribution in [-0.4, -0.2) is 48.0 Å². The Labute approximate surface area is 172 Å². The number of nitrogen functional groups attached to an aromatic ring is 1. The number of hydrogen-bond donors (Lipinski definition) is 4. The van der Waals surface area contributed by atoms with E-state index in [4.69, 9.17) is 15.9 Å². The van der Waals surface area contributed by atoms with E-state index in [2.05, 4.69) is 9.71 Å². The van der Waals surface area contributed by atoms with Crippen LogP contribution in [0.4, 0.5) is 11.4 Å². The van der Waals surface area contributed by atoms with Gasteiger partial charge in [-0.05, 0) is 37.3 Å². The van der Waals surface area contributed by atoms with E-state index in [0.717, 1.165) is 33.8 Å². The smallest absolute Gasteiger partial charge is 0.259 e. The number of aliphatic hydroxyl groups excluding tert-OH is 1. The van der Waals surface area contributed by atoms with Crippen LogP contribution in [0.3, 0.4) is 0 Å². The van der Waals surface area contributed by atoms with Gasteiger partial charge in [0.2, 0.25) is 0 Å². The minimum Gasteiger partial charge on any atom is -0.384 e. The van der Waals surface area contributed by atoms with Gasteiger partial charge in [-0.2, -0.15) is 4.40 Å². The Morgan fingerprint density at radius 3 is 2.86 bits per heavy atom. The van der Waals surface area contributed by atoms with E-state index in [1.807, 2.05) is 31.2 Å². The van der Waals surface area contributed by atoms with Crippen LogP contribution in [-0.2, 0) is 9.53 Å². The third-order valence-corrected chi connectivity index (χ3v) is 5.65. The number of nitrogens with one attached hydrogen (secondary N) is 2. The fraction of sp³-hybridized carbons (Fsp3) is 0.250. The third kappa shape index (κ3) is 3.84. The second-order valence-electron chi connectivity index (χ2n) is 6.88. The molecule has 1 unspecified atom stereocenters. The molecule has 150 valence electrons. The molecule has 2 heterocycles. The minimum atomic E-state index is -1.23. The van der Waals surface area contributed by atoms with Gasteiger partial charge in [-0.25, -0.2) is 0 Å². The van der Waals surface area contributed by atoms with Crippen LogP contribution in [0.25, 0.3) is 0 Å². The molecule has 5 N–H and O–H groups in total. The molecule has 29 heavy (non-hydrogen) atoms. The number of amidine groups is 2. The number of hydrogen-bond acceptors (Lipinski definition) is 7. The van der Waals surface area contributed by atoms with E-state index >= 15 is 0 Å². The summed E-state index contributed by atoms with van der Waals surface area (Å²) in [7, 11) is 0. The summed E-state index contributed by atoms with van der Waals surface area (Å²) in [5, 5.41) is 21.4. The maximum atomic E-state index is 13.0. The van der Waals surface area contributed by atoms with Crippen molar-refractivity contribution < 1.29 is 14.6 Å². The molecular weight excluding hydrogens is 390 g/mol. The van der Waals surface area contributed by atoms with Crippen LogP contribution >= 0.6 is 11.9 Å². The minimum absolute atomic E-state index is 0.0272. The first-order valence-corrected chi connectivity index (χ1v) is 9.89. The third-order valence-electron chi connectivity index (χ3n) is 4.83. The second-order valence-corrected chi connectivity index (χ2v) is 7.68. The Balaban J connectivity index is 1.51. The van der Waals surface area contributed by atoms with E-state index in [1.165, 1.54) is 0 Å². The quantitative estimate of drug-likeness (QED) is 0.346. The number of nitrogens with zero attached hydrogens (tertiary/aromatic N) is 2. The normalized spacial score (nSPS) is 19.8. The molecule has 0 bridgehead atoms. The van der Waals surface area contributed by atoms with Crippen molar-refractivity contribution in [3.8, 4) is 0 Å². The average molecular weight is 411 g/mol. The van der Waals surface area contributed by atoms with Gasteiger partial charge in [-0.15, -0.1) is 0 Å². The summed E-state index contributed by atoms with van der Waals surface area (Å²) in [6.07, 6.45) is -2.28. The maximum absolute atomic E-state index is 13.0. The molecule has 1 amide bonds. The summed E-state index contributed by atoms with van der Waals surface area (Å²) in [6, 6.07) is 12.9. The van der Waals surface area contributed by atoms with E-state index in [-0.39, 0.29) is 17.6 Å². The van der Waals surface area contributed by atoms with Gasteiger partial charge in [0.05, 0.1) is 17.2 Å². The number of benzene rings is 2. The van der Waals surface area contributed by atoms with Gasteiger partial charge in [0.25, 0.3) is 5.91 Å².